The van der Waals surface area contributed by atoms with Crippen LogP contribution in [0.2, 0.25) is 0 Å². The van der Waals surface area contributed by atoms with E-state index < -0.39 is 11.7 Å². The van der Waals surface area contributed by atoms with Gasteiger partial charge in [0.25, 0.3) is 11.8 Å². The number of rotatable bonds is 6. The van der Waals surface area contributed by atoms with Gasteiger partial charge < -0.3 is 10.6 Å². The first-order valence-electron chi connectivity index (χ1n) is 9.98. The minimum Gasteiger partial charge on any atom is -0.344 e. The van der Waals surface area contributed by atoms with Gasteiger partial charge in [0, 0.05) is 21.4 Å². The molecule has 5 rings (SSSR count). The van der Waals surface area contributed by atoms with Gasteiger partial charge in [-0.2, -0.15) is 5.10 Å². The number of hydrogen-bond donors (Lipinski definition) is 3. The van der Waals surface area contributed by atoms with Crippen molar-refractivity contribution in [1.29, 1.82) is 0 Å². The highest BCUT2D eigenvalue weighted by molar-refractivity contribution is 7.10. The molecule has 6 nitrogen and oxygen atoms in total. The second kappa shape index (κ2) is 7.96. The van der Waals surface area contributed by atoms with E-state index in [4.69, 9.17) is 0 Å². The molecule has 2 heterocycles. The van der Waals surface area contributed by atoms with Crippen LogP contribution in [0, 0.1) is 11.7 Å². The van der Waals surface area contributed by atoms with E-state index in [1.165, 1.54) is 24.3 Å². The Hall–Kier alpha value is -3.52. The summed E-state index contributed by atoms with van der Waals surface area (Å²) in [7, 11) is 0. The van der Waals surface area contributed by atoms with Gasteiger partial charge in [0.2, 0.25) is 0 Å². The number of fused-ring (bicyclic) bond motifs is 1. The molecule has 2 aromatic carbocycles. The molecule has 1 saturated carbocycles. The summed E-state index contributed by atoms with van der Waals surface area (Å²) >= 11 is 1.65. The number of H-pyrrole nitrogens is 1. The van der Waals surface area contributed by atoms with Crippen molar-refractivity contribution in [1.82, 2.24) is 15.5 Å². The van der Waals surface area contributed by atoms with Crippen molar-refractivity contribution in [3.63, 3.8) is 0 Å². The molecule has 156 valence electrons. The summed E-state index contributed by atoms with van der Waals surface area (Å²) in [4.78, 5) is 26.6. The predicted molar refractivity (Wildman–Crippen MR) is 118 cm³/mol. The summed E-state index contributed by atoms with van der Waals surface area (Å²) in [5.74, 6) is -0.190. The molecule has 1 atom stereocenters. The first kappa shape index (κ1) is 19.4. The summed E-state index contributed by atoms with van der Waals surface area (Å²) in [5.41, 5.74) is 1.51. The number of anilines is 1. The molecule has 0 saturated heterocycles. The van der Waals surface area contributed by atoms with E-state index >= 15 is 0 Å². The third kappa shape index (κ3) is 4.06. The normalized spacial score (nSPS) is 14.4. The number of amides is 2. The fourth-order valence-corrected chi connectivity index (χ4v) is 4.44. The van der Waals surface area contributed by atoms with Gasteiger partial charge in [-0.15, -0.1) is 11.3 Å². The van der Waals surface area contributed by atoms with Gasteiger partial charge in [0.05, 0.1) is 11.6 Å². The zero-order chi connectivity index (χ0) is 21.4. The van der Waals surface area contributed by atoms with Crippen LogP contribution in [0.5, 0.6) is 0 Å². The number of carbonyl (C=O) groups is 2. The summed E-state index contributed by atoms with van der Waals surface area (Å²) < 4.78 is 13.1. The Morgan fingerprint density at radius 1 is 1.06 bits per heavy atom. The van der Waals surface area contributed by atoms with E-state index in [0.29, 0.717) is 33.8 Å². The van der Waals surface area contributed by atoms with Crippen molar-refractivity contribution in [2.45, 2.75) is 18.9 Å². The smallest absolute Gasteiger partial charge is 0.256 e. The van der Waals surface area contributed by atoms with Gasteiger partial charge in [-0.05, 0) is 72.7 Å². The Kier molecular flexibility index (Phi) is 4.99. The van der Waals surface area contributed by atoms with Crippen molar-refractivity contribution in [3.8, 4) is 0 Å². The molecule has 1 fully saturated rings. The van der Waals surface area contributed by atoms with Crippen molar-refractivity contribution < 1.29 is 14.0 Å². The molecule has 3 N–H and O–H groups in total. The molecular formula is C23H19FN4O2S. The number of hydrogen-bond acceptors (Lipinski definition) is 4. The molecule has 4 aromatic rings. The molecule has 0 radical (unpaired) electrons. The van der Waals surface area contributed by atoms with Crippen LogP contribution in [0.3, 0.4) is 0 Å². The molecule has 0 spiro atoms. The van der Waals surface area contributed by atoms with Gasteiger partial charge in [0.15, 0.2) is 5.82 Å². The number of aromatic nitrogens is 2. The summed E-state index contributed by atoms with van der Waals surface area (Å²) in [6, 6.07) is 14.5. The van der Waals surface area contributed by atoms with Crippen molar-refractivity contribution in [3.05, 3.63) is 81.8 Å². The monoisotopic (exact) mass is 434 g/mol. The Bertz CT molecular complexity index is 1250. The van der Waals surface area contributed by atoms with E-state index in [1.807, 2.05) is 11.4 Å². The highest BCUT2D eigenvalue weighted by Crippen LogP contribution is 2.42. The lowest BCUT2D eigenvalue weighted by atomic mass is 10.1. The quantitative estimate of drug-likeness (QED) is 0.404. The molecule has 1 unspecified atom stereocenters. The van der Waals surface area contributed by atoms with Gasteiger partial charge in [0.1, 0.15) is 5.82 Å². The largest absolute Gasteiger partial charge is 0.344 e. The van der Waals surface area contributed by atoms with Crippen LogP contribution in [0.25, 0.3) is 10.9 Å². The summed E-state index contributed by atoms with van der Waals surface area (Å²) in [6.07, 6.45) is 2.23. The first-order chi connectivity index (χ1) is 15.1. The van der Waals surface area contributed by atoms with Crippen molar-refractivity contribution in [2.24, 2.45) is 5.92 Å². The molecule has 1 aliphatic carbocycles. The van der Waals surface area contributed by atoms with E-state index in [0.717, 1.165) is 17.7 Å². The van der Waals surface area contributed by atoms with Gasteiger partial charge in [-0.1, -0.05) is 6.07 Å². The number of nitrogens with one attached hydrogen (secondary N) is 3. The number of thiophene rings is 1. The second-order valence-electron chi connectivity index (χ2n) is 7.60. The number of aromatic amines is 1. The maximum Gasteiger partial charge on any atom is 0.256 e. The van der Waals surface area contributed by atoms with Gasteiger partial charge in [-0.3, -0.25) is 14.7 Å². The number of nitrogens with zero attached hydrogens (tertiary/aromatic N) is 1. The van der Waals surface area contributed by atoms with Crippen LogP contribution >= 0.6 is 11.3 Å². The molecular weight excluding hydrogens is 415 g/mol. The Balaban J connectivity index is 1.37. The van der Waals surface area contributed by atoms with Crippen LogP contribution < -0.4 is 10.6 Å². The lowest BCUT2D eigenvalue weighted by Gasteiger charge is -2.17. The van der Waals surface area contributed by atoms with Gasteiger partial charge in [-0.25, -0.2) is 4.39 Å². The highest BCUT2D eigenvalue weighted by Gasteiger charge is 2.34. The standard InChI is InChI=1S/C23H19FN4O2S/c24-16-8-5-14(6-9-16)22(29)26-21-17-12-15(7-10-18(17)27-28-21)23(30)25-20(13-3-4-13)19-2-1-11-31-19/h1-2,5-13,20H,3-4H2,(H,25,30)(H2,26,27,28,29). The molecule has 1 aliphatic rings. The number of halogens is 1. The fraction of sp³-hybridized carbons (Fsp3) is 0.174. The molecule has 0 bridgehead atoms. The number of carbonyl (C=O) groups excluding carboxylic acids is 2. The maximum atomic E-state index is 13.1. The lowest BCUT2D eigenvalue weighted by molar-refractivity contribution is 0.0932. The van der Waals surface area contributed by atoms with Gasteiger partial charge >= 0.3 is 0 Å². The van der Waals surface area contributed by atoms with Crippen LogP contribution in [0.1, 0.15) is 44.5 Å². The van der Waals surface area contributed by atoms with E-state index in [2.05, 4.69) is 26.9 Å². The fourth-order valence-electron chi connectivity index (χ4n) is 3.58. The molecule has 2 amide bonds. The Morgan fingerprint density at radius 2 is 1.84 bits per heavy atom. The maximum absolute atomic E-state index is 13.1. The van der Waals surface area contributed by atoms with E-state index in [-0.39, 0.29) is 11.9 Å². The topological polar surface area (TPSA) is 86.9 Å². The SMILES string of the molecule is O=C(Nc1n[nH]c2ccc(C(=O)NC(c3cccs3)C3CC3)cc12)c1ccc(F)cc1. The minimum atomic E-state index is -0.413. The molecule has 0 aliphatic heterocycles. The van der Waals surface area contributed by atoms with Crippen molar-refractivity contribution in [2.75, 3.05) is 5.32 Å². The zero-order valence-electron chi connectivity index (χ0n) is 16.4. The van der Waals surface area contributed by atoms with Crippen LogP contribution in [-0.4, -0.2) is 22.0 Å². The zero-order valence-corrected chi connectivity index (χ0v) is 17.2. The Labute approximate surface area is 181 Å². The van der Waals surface area contributed by atoms with Crippen LogP contribution in [0.4, 0.5) is 10.2 Å². The van der Waals surface area contributed by atoms with E-state index in [9.17, 15) is 14.0 Å². The molecule has 8 heteroatoms. The first-order valence-corrected chi connectivity index (χ1v) is 10.9. The molecule has 31 heavy (non-hydrogen) atoms. The highest BCUT2D eigenvalue weighted by atomic mass is 32.1. The second-order valence-corrected chi connectivity index (χ2v) is 8.58. The third-order valence-electron chi connectivity index (χ3n) is 5.39. The van der Waals surface area contributed by atoms with Crippen LogP contribution in [-0.2, 0) is 0 Å². The number of benzene rings is 2. The summed E-state index contributed by atoms with van der Waals surface area (Å²) in [6.45, 7) is 0. The molecule has 2 aromatic heterocycles. The lowest BCUT2D eigenvalue weighted by Crippen LogP contribution is -2.29. The summed E-state index contributed by atoms with van der Waals surface area (Å²) in [5, 5.41) is 15.5. The van der Waals surface area contributed by atoms with Crippen molar-refractivity contribution >= 4 is 39.9 Å². The average Bonchev–Trinajstić information content (AvgIpc) is 3.32. The average molecular weight is 434 g/mol. The Morgan fingerprint density at radius 3 is 2.55 bits per heavy atom. The minimum absolute atomic E-state index is 0.0187. The van der Waals surface area contributed by atoms with Crippen LogP contribution in [0.15, 0.2) is 60.0 Å². The predicted octanol–water partition coefficient (Wildman–Crippen LogP) is 4.90. The van der Waals surface area contributed by atoms with E-state index in [1.54, 1.807) is 29.5 Å². The third-order valence-corrected chi connectivity index (χ3v) is 6.35.